The van der Waals surface area contributed by atoms with E-state index >= 15 is 0 Å². The first-order chi connectivity index (χ1) is 17.4. The minimum Gasteiger partial charge on any atom is -1.00 e. The van der Waals surface area contributed by atoms with Gasteiger partial charge in [-0.1, -0.05) is 47.6 Å². The average molecular weight is 537 g/mol. The Kier molecular flexibility index (Phi) is 15.1. The Balaban J connectivity index is 0.00000722. The van der Waals surface area contributed by atoms with Gasteiger partial charge in [0.1, 0.15) is 17.2 Å². The first kappa shape index (κ1) is 34.6. The summed E-state index contributed by atoms with van der Waals surface area (Å²) in [4.78, 5) is 13.8. The summed E-state index contributed by atoms with van der Waals surface area (Å²) in [6, 6.07) is 6.02. The molecule has 0 aliphatic carbocycles. The Labute approximate surface area is 247 Å². The molecule has 2 rings (SSSR count). The van der Waals surface area contributed by atoms with Crippen molar-refractivity contribution in [2.75, 3.05) is 19.8 Å². The normalized spacial score (nSPS) is 11.5. The van der Waals surface area contributed by atoms with E-state index < -0.39 is 0 Å². The molecule has 4 nitrogen and oxygen atoms in total. The molecule has 0 spiro atoms. The average Bonchev–Trinajstić information content (AvgIpc) is 2.78. The third-order valence-corrected chi connectivity index (χ3v) is 7.95. The van der Waals surface area contributed by atoms with Crippen molar-refractivity contribution in [1.29, 1.82) is 0 Å². The van der Waals surface area contributed by atoms with Gasteiger partial charge in [0.2, 0.25) is 0 Å². The molecule has 0 aliphatic rings. The molecule has 0 N–H and O–H groups in total. The number of ether oxygens (including phenoxy) is 3. The van der Waals surface area contributed by atoms with Gasteiger partial charge in [0.05, 0.1) is 25.1 Å². The minimum absolute atomic E-state index is 0. The van der Waals surface area contributed by atoms with Gasteiger partial charge in [0, 0.05) is 17.7 Å². The Morgan fingerprint density at radius 3 is 1.61 bits per heavy atom. The van der Waals surface area contributed by atoms with Gasteiger partial charge in [-0.2, -0.15) is 0 Å². The molecule has 0 heterocycles. The maximum Gasteiger partial charge on any atom is 1.00 e. The molecule has 0 fully saturated rings. The van der Waals surface area contributed by atoms with Crippen molar-refractivity contribution in [2.24, 2.45) is 17.8 Å². The molecular weight excluding hydrogens is 486 g/mol. The van der Waals surface area contributed by atoms with Crippen LogP contribution in [0.25, 0.3) is 0 Å². The summed E-state index contributed by atoms with van der Waals surface area (Å²) < 4.78 is 18.8. The Morgan fingerprint density at radius 1 is 0.711 bits per heavy atom. The summed E-state index contributed by atoms with van der Waals surface area (Å²) in [5.41, 5.74) is 5.42. The van der Waals surface area contributed by atoms with Gasteiger partial charge in [-0.15, -0.1) is 0 Å². The molecule has 38 heavy (non-hydrogen) atoms. The van der Waals surface area contributed by atoms with Crippen LogP contribution in [0.1, 0.15) is 94.8 Å². The van der Waals surface area contributed by atoms with Gasteiger partial charge in [0.25, 0.3) is 0 Å². The van der Waals surface area contributed by atoms with Gasteiger partial charge in [-0.25, -0.2) is 0 Å². The molecule has 2 aromatic carbocycles. The van der Waals surface area contributed by atoms with Crippen LogP contribution in [0.3, 0.4) is 0 Å². The molecule has 0 saturated heterocycles. The van der Waals surface area contributed by atoms with Crippen molar-refractivity contribution in [3.8, 4) is 17.2 Å². The smallest absolute Gasteiger partial charge is 1.00 e. The maximum atomic E-state index is 13.8. The van der Waals surface area contributed by atoms with E-state index in [2.05, 4.69) is 68.4 Å². The molecule has 0 aromatic heterocycles. The van der Waals surface area contributed by atoms with Crippen molar-refractivity contribution in [2.45, 2.75) is 88.5 Å². The predicted molar refractivity (Wildman–Crippen MR) is 160 cm³/mol. The molecule has 0 aliphatic heterocycles. The van der Waals surface area contributed by atoms with E-state index in [1.165, 1.54) is 11.1 Å². The summed E-state index contributed by atoms with van der Waals surface area (Å²) in [6.07, 6.45) is 2.85. The van der Waals surface area contributed by atoms with E-state index in [1.807, 2.05) is 19.1 Å². The fraction of sp³-hybridized carbons (Fsp3) is 0.594. The summed E-state index contributed by atoms with van der Waals surface area (Å²) in [6.45, 7) is 23.2. The van der Waals surface area contributed by atoms with Crippen LogP contribution in [0.15, 0.2) is 18.2 Å². The quantitative estimate of drug-likeness (QED) is 0.224. The monoisotopic (exact) mass is 536 g/mol. The topological polar surface area (TPSA) is 44.8 Å². The van der Waals surface area contributed by atoms with Crippen molar-refractivity contribution in [3.63, 3.8) is 0 Å². The van der Waals surface area contributed by atoms with Gasteiger partial charge < -0.3 is 15.6 Å². The number of hydrogen-bond donors (Lipinski definition) is 0. The second-order valence-electron chi connectivity index (χ2n) is 11.5. The first-order valence-electron chi connectivity index (χ1n) is 13.9. The van der Waals surface area contributed by atoms with E-state index in [0.29, 0.717) is 49.1 Å². The standard InChI is InChI=1S/C32H49O4P.Li.H/c1-20(2)11-14-34-27-18-28(35-15-12-21(3)4)31(29(19-27)36-16-13-22(5)6)37-32(33)30-24(8)17-23(7)25(9)26(30)10;;/h17-22,37H,11-16H2,1-10H3;;/q;+1;-1. The molecule has 1 atom stereocenters. The minimum atomic E-state index is -0.0989. The second kappa shape index (κ2) is 16.6. The summed E-state index contributed by atoms with van der Waals surface area (Å²) in [5, 5.41) is 0.839. The SMILES string of the molecule is Cc1cc(C)c(C(=O)Pc2c(OCCC(C)C)cc(OCCC(C)C)cc2OCCC(C)C)c(C)c1C.[H-].[Li+]. The number of benzene rings is 2. The summed E-state index contributed by atoms with van der Waals surface area (Å²) in [7, 11) is -0.0989. The second-order valence-corrected chi connectivity index (χ2v) is 12.7. The molecule has 6 heteroatoms. The van der Waals surface area contributed by atoms with Crippen LogP contribution >= 0.6 is 8.58 Å². The van der Waals surface area contributed by atoms with Gasteiger partial charge in [-0.3, -0.25) is 4.79 Å². The fourth-order valence-corrected chi connectivity index (χ4v) is 5.30. The summed E-state index contributed by atoms with van der Waals surface area (Å²) >= 11 is 0. The van der Waals surface area contributed by atoms with Crippen molar-refractivity contribution >= 4 is 19.4 Å². The zero-order valence-corrected chi connectivity index (χ0v) is 26.8. The molecule has 0 amide bonds. The number of carbonyl (C=O) groups excluding carboxylic acids is 1. The van der Waals surface area contributed by atoms with E-state index in [4.69, 9.17) is 14.2 Å². The molecule has 0 radical (unpaired) electrons. The third kappa shape index (κ3) is 10.6. The largest absolute Gasteiger partial charge is 1.00 e. The first-order valence-corrected chi connectivity index (χ1v) is 14.9. The predicted octanol–water partition coefficient (Wildman–Crippen LogP) is 5.46. The Morgan fingerprint density at radius 2 is 1.16 bits per heavy atom. The summed E-state index contributed by atoms with van der Waals surface area (Å²) in [5.74, 6) is 3.76. The van der Waals surface area contributed by atoms with E-state index in [-0.39, 0.29) is 34.4 Å². The van der Waals surface area contributed by atoms with Crippen LogP contribution in [0.2, 0.25) is 0 Å². The molecule has 208 valence electrons. The number of carbonyl (C=O) groups is 1. The number of hydrogen-bond acceptors (Lipinski definition) is 4. The number of aryl methyl sites for hydroxylation is 2. The van der Waals surface area contributed by atoms with E-state index in [1.54, 1.807) is 0 Å². The van der Waals surface area contributed by atoms with Gasteiger partial charge in [0.15, 0.2) is 5.52 Å². The van der Waals surface area contributed by atoms with Crippen LogP contribution in [0.4, 0.5) is 0 Å². The third-order valence-electron chi connectivity index (χ3n) is 6.73. The fourth-order valence-electron chi connectivity index (χ4n) is 4.03. The Bertz CT molecular complexity index is 1020. The maximum absolute atomic E-state index is 13.8. The van der Waals surface area contributed by atoms with E-state index in [9.17, 15) is 4.79 Å². The van der Waals surface area contributed by atoms with Crippen LogP contribution in [-0.2, 0) is 0 Å². The van der Waals surface area contributed by atoms with Crippen LogP contribution in [0, 0.1) is 45.4 Å². The Hall–Kier alpha value is -1.46. The zero-order chi connectivity index (χ0) is 27.7. The van der Waals surface area contributed by atoms with Crippen LogP contribution in [-0.4, -0.2) is 25.3 Å². The van der Waals surface area contributed by atoms with Gasteiger partial charge in [-0.05, 0) is 95.5 Å². The molecular formula is C32H50LiO4P. The van der Waals surface area contributed by atoms with E-state index in [0.717, 1.165) is 47.0 Å². The zero-order valence-electron chi connectivity index (χ0n) is 26.8. The van der Waals surface area contributed by atoms with Crippen molar-refractivity contribution in [3.05, 3.63) is 46.0 Å². The van der Waals surface area contributed by atoms with Crippen LogP contribution < -0.4 is 38.4 Å². The van der Waals surface area contributed by atoms with Crippen LogP contribution in [0.5, 0.6) is 17.2 Å². The molecule has 2 aromatic rings. The molecule has 0 bridgehead atoms. The van der Waals surface area contributed by atoms with Crippen molar-refractivity contribution in [1.82, 2.24) is 0 Å². The van der Waals surface area contributed by atoms with Gasteiger partial charge >= 0.3 is 18.9 Å². The number of rotatable bonds is 15. The van der Waals surface area contributed by atoms with Crippen molar-refractivity contribution < 1.29 is 39.3 Å². The molecule has 1 unspecified atom stereocenters. The molecule has 0 saturated carbocycles.